The molecule has 0 saturated carbocycles. The Morgan fingerprint density at radius 1 is 1.35 bits per heavy atom. The maximum Gasteiger partial charge on any atom is 0.364 e. The number of nitrogens with zero attached hydrogens (tertiary/aromatic N) is 2. The van der Waals surface area contributed by atoms with Crippen molar-refractivity contribution in [2.24, 2.45) is 7.05 Å². The number of nitrogen functional groups attached to an aromatic ring is 1. The number of aryl methyl sites for hydroxylation is 2. The molecule has 0 aliphatic rings. The van der Waals surface area contributed by atoms with Crippen LogP contribution in [0.3, 0.4) is 0 Å². The van der Waals surface area contributed by atoms with E-state index in [9.17, 15) is 4.79 Å². The molecule has 1 aromatic carbocycles. The summed E-state index contributed by atoms with van der Waals surface area (Å²) >= 11 is 0. The molecular formula is C12H13N3O2. The van der Waals surface area contributed by atoms with Gasteiger partial charge in [-0.2, -0.15) is 5.10 Å². The highest BCUT2D eigenvalue weighted by atomic mass is 16.5. The van der Waals surface area contributed by atoms with Crippen LogP contribution in [0.15, 0.2) is 30.3 Å². The van der Waals surface area contributed by atoms with Crippen molar-refractivity contribution in [3.8, 4) is 5.75 Å². The number of carbonyl (C=O) groups excluding carboxylic acids is 1. The second-order valence-corrected chi connectivity index (χ2v) is 3.78. The van der Waals surface area contributed by atoms with Crippen molar-refractivity contribution in [3.63, 3.8) is 0 Å². The fourth-order valence-corrected chi connectivity index (χ4v) is 1.35. The number of rotatable bonds is 2. The molecule has 0 aliphatic heterocycles. The van der Waals surface area contributed by atoms with Gasteiger partial charge in [-0.25, -0.2) is 4.79 Å². The Bertz CT molecular complexity index is 524. The standard InChI is InChI=1S/C12H13N3O2/c1-8-3-5-9(6-4-8)17-12(16)10-7-11(13)15(2)14-10/h3-7H,13H2,1-2H3. The number of ether oxygens (including phenoxy) is 1. The van der Waals surface area contributed by atoms with Crippen molar-refractivity contribution in [2.45, 2.75) is 6.92 Å². The summed E-state index contributed by atoms with van der Waals surface area (Å²) in [5.74, 6) is 0.395. The summed E-state index contributed by atoms with van der Waals surface area (Å²) in [4.78, 5) is 11.7. The Morgan fingerprint density at radius 3 is 2.53 bits per heavy atom. The first kappa shape index (κ1) is 11.2. The third-order valence-electron chi connectivity index (χ3n) is 2.36. The summed E-state index contributed by atoms with van der Waals surface area (Å²) in [6.45, 7) is 1.96. The number of aromatic nitrogens is 2. The van der Waals surface area contributed by atoms with E-state index in [1.165, 1.54) is 10.7 Å². The largest absolute Gasteiger partial charge is 0.422 e. The molecule has 0 unspecified atom stereocenters. The van der Waals surface area contributed by atoms with Gasteiger partial charge in [0.1, 0.15) is 11.6 Å². The summed E-state index contributed by atoms with van der Waals surface area (Å²) in [6.07, 6.45) is 0. The van der Waals surface area contributed by atoms with Crippen molar-refractivity contribution in [1.82, 2.24) is 9.78 Å². The second kappa shape index (κ2) is 4.29. The molecule has 0 radical (unpaired) electrons. The Morgan fingerprint density at radius 2 is 2.00 bits per heavy atom. The van der Waals surface area contributed by atoms with Crippen molar-refractivity contribution < 1.29 is 9.53 Å². The highest BCUT2D eigenvalue weighted by Gasteiger charge is 2.13. The predicted molar refractivity (Wildman–Crippen MR) is 63.8 cm³/mol. The molecular weight excluding hydrogens is 218 g/mol. The van der Waals surface area contributed by atoms with E-state index >= 15 is 0 Å². The van der Waals surface area contributed by atoms with Crippen LogP contribution in [0, 0.1) is 6.92 Å². The minimum absolute atomic E-state index is 0.200. The molecule has 5 heteroatoms. The zero-order chi connectivity index (χ0) is 12.4. The normalized spacial score (nSPS) is 10.2. The fraction of sp³-hybridized carbons (Fsp3) is 0.167. The van der Waals surface area contributed by atoms with Gasteiger partial charge in [0.15, 0.2) is 5.69 Å². The molecule has 88 valence electrons. The Hall–Kier alpha value is -2.30. The van der Waals surface area contributed by atoms with Crippen molar-refractivity contribution in [2.75, 3.05) is 5.73 Å². The fourth-order valence-electron chi connectivity index (χ4n) is 1.35. The van der Waals surface area contributed by atoms with Gasteiger partial charge in [0.05, 0.1) is 0 Å². The number of hydrogen-bond acceptors (Lipinski definition) is 4. The molecule has 5 nitrogen and oxygen atoms in total. The Balaban J connectivity index is 2.14. The van der Waals surface area contributed by atoms with Gasteiger partial charge in [-0.05, 0) is 19.1 Å². The van der Waals surface area contributed by atoms with E-state index in [1.807, 2.05) is 19.1 Å². The second-order valence-electron chi connectivity index (χ2n) is 3.78. The van der Waals surface area contributed by atoms with E-state index in [0.29, 0.717) is 11.6 Å². The van der Waals surface area contributed by atoms with E-state index in [0.717, 1.165) is 5.56 Å². The molecule has 0 fully saturated rings. The van der Waals surface area contributed by atoms with Gasteiger partial charge in [0, 0.05) is 13.1 Å². The van der Waals surface area contributed by atoms with Crippen LogP contribution in [-0.4, -0.2) is 15.7 Å². The first-order chi connectivity index (χ1) is 8.06. The summed E-state index contributed by atoms with van der Waals surface area (Å²) in [5.41, 5.74) is 6.89. The highest BCUT2D eigenvalue weighted by molar-refractivity contribution is 5.89. The van der Waals surface area contributed by atoms with Crippen molar-refractivity contribution in [3.05, 3.63) is 41.6 Å². The van der Waals surface area contributed by atoms with Crippen LogP contribution in [0.2, 0.25) is 0 Å². The number of benzene rings is 1. The zero-order valence-corrected chi connectivity index (χ0v) is 9.68. The number of esters is 1. The highest BCUT2D eigenvalue weighted by Crippen LogP contribution is 2.14. The minimum Gasteiger partial charge on any atom is -0.422 e. The number of hydrogen-bond donors (Lipinski definition) is 1. The topological polar surface area (TPSA) is 70.1 Å². The van der Waals surface area contributed by atoms with E-state index in [-0.39, 0.29) is 5.69 Å². The lowest BCUT2D eigenvalue weighted by molar-refractivity contribution is 0.0727. The summed E-state index contributed by atoms with van der Waals surface area (Å²) in [7, 11) is 1.66. The van der Waals surface area contributed by atoms with Crippen LogP contribution in [0.1, 0.15) is 16.1 Å². The molecule has 2 aromatic rings. The quantitative estimate of drug-likeness (QED) is 0.628. The molecule has 1 heterocycles. The Kier molecular flexibility index (Phi) is 2.82. The van der Waals surface area contributed by atoms with E-state index in [1.54, 1.807) is 19.2 Å². The van der Waals surface area contributed by atoms with Gasteiger partial charge in [0.25, 0.3) is 0 Å². The monoisotopic (exact) mass is 231 g/mol. The maximum atomic E-state index is 11.7. The zero-order valence-electron chi connectivity index (χ0n) is 9.68. The minimum atomic E-state index is -0.513. The van der Waals surface area contributed by atoms with Crippen LogP contribution in [0.5, 0.6) is 5.75 Å². The lowest BCUT2D eigenvalue weighted by Crippen LogP contribution is -2.09. The third-order valence-corrected chi connectivity index (χ3v) is 2.36. The van der Waals surface area contributed by atoms with Gasteiger partial charge >= 0.3 is 5.97 Å². The molecule has 0 aliphatic carbocycles. The first-order valence-corrected chi connectivity index (χ1v) is 5.14. The molecule has 17 heavy (non-hydrogen) atoms. The number of anilines is 1. The smallest absolute Gasteiger partial charge is 0.364 e. The maximum absolute atomic E-state index is 11.7. The van der Waals surface area contributed by atoms with Crippen LogP contribution >= 0.6 is 0 Å². The van der Waals surface area contributed by atoms with Crippen LogP contribution in [0.25, 0.3) is 0 Å². The lowest BCUT2D eigenvalue weighted by Gasteiger charge is -2.01. The van der Waals surface area contributed by atoms with E-state index in [2.05, 4.69) is 5.10 Å². The Labute approximate surface area is 98.8 Å². The van der Waals surface area contributed by atoms with Gasteiger partial charge in [-0.15, -0.1) is 0 Å². The summed E-state index contributed by atoms with van der Waals surface area (Å²) in [5, 5.41) is 3.94. The number of carbonyl (C=O) groups is 1. The van der Waals surface area contributed by atoms with Gasteiger partial charge in [-0.3, -0.25) is 4.68 Å². The predicted octanol–water partition coefficient (Wildman–Crippen LogP) is 1.53. The third kappa shape index (κ3) is 2.44. The van der Waals surface area contributed by atoms with Crippen molar-refractivity contribution in [1.29, 1.82) is 0 Å². The molecule has 0 bridgehead atoms. The molecule has 1 aromatic heterocycles. The summed E-state index contributed by atoms with van der Waals surface area (Å²) < 4.78 is 6.58. The van der Waals surface area contributed by atoms with Gasteiger partial charge in [0.2, 0.25) is 0 Å². The van der Waals surface area contributed by atoms with Crippen LogP contribution in [0.4, 0.5) is 5.82 Å². The molecule has 0 saturated heterocycles. The molecule has 0 atom stereocenters. The van der Waals surface area contributed by atoms with Crippen molar-refractivity contribution >= 4 is 11.8 Å². The van der Waals surface area contributed by atoms with E-state index < -0.39 is 5.97 Å². The van der Waals surface area contributed by atoms with Gasteiger partial charge in [-0.1, -0.05) is 17.7 Å². The SMILES string of the molecule is Cc1ccc(OC(=O)c2cc(N)n(C)n2)cc1. The average molecular weight is 231 g/mol. The van der Waals surface area contributed by atoms with Crippen LogP contribution in [-0.2, 0) is 7.05 Å². The van der Waals surface area contributed by atoms with Crippen LogP contribution < -0.4 is 10.5 Å². The lowest BCUT2D eigenvalue weighted by atomic mass is 10.2. The average Bonchev–Trinajstić information content (AvgIpc) is 2.63. The molecule has 2 N–H and O–H groups in total. The van der Waals surface area contributed by atoms with E-state index in [4.69, 9.17) is 10.5 Å². The summed E-state index contributed by atoms with van der Waals surface area (Å²) in [6, 6.07) is 8.69. The van der Waals surface area contributed by atoms with Gasteiger partial charge < -0.3 is 10.5 Å². The first-order valence-electron chi connectivity index (χ1n) is 5.14. The number of nitrogens with two attached hydrogens (primary N) is 1. The molecule has 0 spiro atoms. The molecule has 0 amide bonds. The molecule has 2 rings (SSSR count).